The van der Waals surface area contributed by atoms with E-state index in [-0.39, 0.29) is 11.9 Å². The van der Waals surface area contributed by atoms with Gasteiger partial charge in [0.05, 0.1) is 6.61 Å². The standard InChI is InChI=1S/C10H16O2/c1-4-10-8(3)5-7(2)9(12-10)6-11-10/h8-9H,2,4-6H2,1,3H3/t8-,9-,10-/m1/s1. The molecule has 2 saturated heterocycles. The van der Waals surface area contributed by atoms with Crippen LogP contribution in [-0.4, -0.2) is 18.5 Å². The molecule has 0 saturated carbocycles. The van der Waals surface area contributed by atoms with Gasteiger partial charge in [-0.15, -0.1) is 0 Å². The van der Waals surface area contributed by atoms with Crippen LogP contribution in [0.5, 0.6) is 0 Å². The average molecular weight is 168 g/mol. The second-order valence-electron chi connectivity index (χ2n) is 3.85. The average Bonchev–Trinajstić information content (AvgIpc) is 2.44. The maximum atomic E-state index is 5.84. The molecule has 0 amide bonds. The van der Waals surface area contributed by atoms with E-state index in [0.29, 0.717) is 12.5 Å². The van der Waals surface area contributed by atoms with Gasteiger partial charge in [-0.2, -0.15) is 0 Å². The first-order chi connectivity index (χ1) is 5.68. The van der Waals surface area contributed by atoms with Gasteiger partial charge in [0, 0.05) is 5.92 Å². The highest BCUT2D eigenvalue weighted by atomic mass is 16.7. The van der Waals surface area contributed by atoms with Gasteiger partial charge in [0.25, 0.3) is 0 Å². The molecule has 0 radical (unpaired) electrons. The number of fused-ring (bicyclic) bond motifs is 2. The molecule has 0 aromatic carbocycles. The molecule has 2 aliphatic heterocycles. The maximum absolute atomic E-state index is 5.84. The molecular formula is C10H16O2. The fraction of sp³-hybridized carbons (Fsp3) is 0.800. The molecule has 2 heteroatoms. The van der Waals surface area contributed by atoms with E-state index in [1.165, 1.54) is 5.57 Å². The smallest absolute Gasteiger partial charge is 0.171 e. The van der Waals surface area contributed by atoms with E-state index in [1.807, 2.05) is 0 Å². The van der Waals surface area contributed by atoms with Gasteiger partial charge in [-0.05, 0) is 18.4 Å². The molecular weight excluding hydrogens is 152 g/mol. The summed E-state index contributed by atoms with van der Waals surface area (Å²) in [5, 5.41) is 0. The summed E-state index contributed by atoms with van der Waals surface area (Å²) in [6.07, 6.45) is 2.16. The summed E-state index contributed by atoms with van der Waals surface area (Å²) in [6, 6.07) is 0. The van der Waals surface area contributed by atoms with E-state index in [0.717, 1.165) is 12.8 Å². The van der Waals surface area contributed by atoms with Crippen LogP contribution in [0.3, 0.4) is 0 Å². The molecule has 0 unspecified atom stereocenters. The van der Waals surface area contributed by atoms with Crippen LogP contribution in [0.15, 0.2) is 12.2 Å². The SMILES string of the molecule is C=C1C[C@@H](C)[C@]2(CC)OC[C@H]1O2. The minimum absolute atomic E-state index is 0.168. The van der Waals surface area contributed by atoms with Crippen LogP contribution in [0.25, 0.3) is 0 Å². The van der Waals surface area contributed by atoms with Gasteiger partial charge in [0.1, 0.15) is 6.10 Å². The summed E-state index contributed by atoms with van der Waals surface area (Å²) in [7, 11) is 0. The van der Waals surface area contributed by atoms with Crippen LogP contribution in [0, 0.1) is 5.92 Å². The van der Waals surface area contributed by atoms with Gasteiger partial charge in [0.2, 0.25) is 0 Å². The largest absolute Gasteiger partial charge is 0.347 e. The van der Waals surface area contributed by atoms with Crippen molar-refractivity contribution in [2.45, 2.75) is 38.6 Å². The molecule has 2 rings (SSSR count). The Hall–Kier alpha value is -0.340. The normalized spacial score (nSPS) is 46.7. The Labute approximate surface area is 73.5 Å². The molecule has 2 nitrogen and oxygen atoms in total. The van der Waals surface area contributed by atoms with Crippen molar-refractivity contribution in [3.63, 3.8) is 0 Å². The fourth-order valence-electron chi connectivity index (χ4n) is 2.20. The Bertz CT molecular complexity index is 212. The lowest BCUT2D eigenvalue weighted by atomic mass is 9.88. The maximum Gasteiger partial charge on any atom is 0.171 e. The Morgan fingerprint density at radius 1 is 1.67 bits per heavy atom. The molecule has 0 N–H and O–H groups in total. The van der Waals surface area contributed by atoms with E-state index < -0.39 is 0 Å². The van der Waals surface area contributed by atoms with E-state index in [2.05, 4.69) is 20.4 Å². The quantitative estimate of drug-likeness (QED) is 0.558. The first-order valence-electron chi connectivity index (χ1n) is 4.67. The number of hydrogen-bond acceptors (Lipinski definition) is 2. The lowest BCUT2D eigenvalue weighted by molar-refractivity contribution is -0.210. The van der Waals surface area contributed by atoms with Crippen molar-refractivity contribution in [3.8, 4) is 0 Å². The monoisotopic (exact) mass is 168 g/mol. The number of ether oxygens (including phenoxy) is 2. The molecule has 0 aromatic rings. The van der Waals surface area contributed by atoms with Crippen molar-refractivity contribution in [2.75, 3.05) is 6.61 Å². The lowest BCUT2D eigenvalue weighted by Gasteiger charge is -2.37. The first-order valence-corrected chi connectivity index (χ1v) is 4.67. The molecule has 2 heterocycles. The molecule has 2 aliphatic rings. The van der Waals surface area contributed by atoms with Crippen LogP contribution in [0.1, 0.15) is 26.7 Å². The Morgan fingerprint density at radius 2 is 2.42 bits per heavy atom. The Balaban J connectivity index is 2.24. The van der Waals surface area contributed by atoms with E-state index in [1.54, 1.807) is 0 Å². The first kappa shape index (κ1) is 8.27. The van der Waals surface area contributed by atoms with Gasteiger partial charge in [0.15, 0.2) is 5.79 Å². The molecule has 0 aliphatic carbocycles. The summed E-state index contributed by atoms with van der Waals surface area (Å²) in [6.45, 7) is 9.00. The minimum atomic E-state index is -0.286. The zero-order valence-electron chi connectivity index (χ0n) is 7.80. The third-order valence-electron chi connectivity index (χ3n) is 3.09. The Morgan fingerprint density at radius 3 is 3.08 bits per heavy atom. The lowest BCUT2D eigenvalue weighted by Crippen LogP contribution is -2.41. The predicted octanol–water partition coefficient (Wildman–Crippen LogP) is 2.10. The molecule has 3 atom stereocenters. The van der Waals surface area contributed by atoms with Gasteiger partial charge in [-0.3, -0.25) is 0 Å². The summed E-state index contributed by atoms with van der Waals surface area (Å²) >= 11 is 0. The highest BCUT2D eigenvalue weighted by molar-refractivity contribution is 5.12. The summed E-state index contributed by atoms with van der Waals surface area (Å²) < 4.78 is 11.6. The van der Waals surface area contributed by atoms with Crippen molar-refractivity contribution in [1.29, 1.82) is 0 Å². The fourth-order valence-corrected chi connectivity index (χ4v) is 2.20. The van der Waals surface area contributed by atoms with Crippen LogP contribution < -0.4 is 0 Å². The Kier molecular flexibility index (Phi) is 1.77. The summed E-state index contributed by atoms with van der Waals surface area (Å²) in [4.78, 5) is 0. The molecule has 2 bridgehead atoms. The minimum Gasteiger partial charge on any atom is -0.347 e. The molecule has 0 spiro atoms. The highest BCUT2D eigenvalue weighted by Gasteiger charge is 2.49. The van der Waals surface area contributed by atoms with Crippen molar-refractivity contribution in [3.05, 3.63) is 12.2 Å². The van der Waals surface area contributed by atoms with Gasteiger partial charge < -0.3 is 9.47 Å². The highest BCUT2D eigenvalue weighted by Crippen LogP contribution is 2.44. The third kappa shape index (κ3) is 0.947. The van der Waals surface area contributed by atoms with Crippen molar-refractivity contribution in [2.24, 2.45) is 5.92 Å². The van der Waals surface area contributed by atoms with E-state index >= 15 is 0 Å². The summed E-state index contributed by atoms with van der Waals surface area (Å²) in [5.41, 5.74) is 1.20. The van der Waals surface area contributed by atoms with Gasteiger partial charge in [-0.1, -0.05) is 20.4 Å². The number of hydrogen-bond donors (Lipinski definition) is 0. The van der Waals surface area contributed by atoms with Crippen LogP contribution in [0.2, 0.25) is 0 Å². The third-order valence-corrected chi connectivity index (χ3v) is 3.09. The van der Waals surface area contributed by atoms with Crippen LogP contribution in [0.4, 0.5) is 0 Å². The zero-order chi connectivity index (χ0) is 8.77. The van der Waals surface area contributed by atoms with Crippen molar-refractivity contribution < 1.29 is 9.47 Å². The number of rotatable bonds is 1. The van der Waals surface area contributed by atoms with Gasteiger partial charge >= 0.3 is 0 Å². The molecule has 2 fully saturated rings. The van der Waals surface area contributed by atoms with Crippen molar-refractivity contribution in [1.82, 2.24) is 0 Å². The van der Waals surface area contributed by atoms with E-state index in [9.17, 15) is 0 Å². The summed E-state index contributed by atoms with van der Waals surface area (Å²) in [5.74, 6) is 0.167. The van der Waals surface area contributed by atoms with E-state index in [4.69, 9.17) is 9.47 Å². The second kappa shape index (κ2) is 2.57. The van der Waals surface area contributed by atoms with Gasteiger partial charge in [-0.25, -0.2) is 0 Å². The van der Waals surface area contributed by atoms with Crippen LogP contribution in [-0.2, 0) is 9.47 Å². The molecule has 0 aromatic heterocycles. The van der Waals surface area contributed by atoms with Crippen molar-refractivity contribution >= 4 is 0 Å². The zero-order valence-corrected chi connectivity index (χ0v) is 7.80. The van der Waals surface area contributed by atoms with Crippen LogP contribution >= 0.6 is 0 Å². The topological polar surface area (TPSA) is 18.5 Å². The second-order valence-corrected chi connectivity index (χ2v) is 3.85. The molecule has 68 valence electrons. The predicted molar refractivity (Wildman–Crippen MR) is 46.8 cm³/mol. The molecule has 12 heavy (non-hydrogen) atoms.